The van der Waals surface area contributed by atoms with E-state index in [1.807, 2.05) is 0 Å². The Morgan fingerprint density at radius 2 is 2.43 bits per heavy atom. The number of esters is 1. The Kier molecular flexibility index (Phi) is 3.03. The minimum Gasteiger partial charge on any atom is -0.468 e. The molecule has 0 radical (unpaired) electrons. The normalized spacial score (nSPS) is 32.6. The summed E-state index contributed by atoms with van der Waals surface area (Å²) in [5.41, 5.74) is 0. The fourth-order valence-electron chi connectivity index (χ4n) is 2.59. The van der Waals surface area contributed by atoms with E-state index in [0.717, 1.165) is 25.6 Å². The predicted molar refractivity (Wildman–Crippen MR) is 53.0 cm³/mol. The standard InChI is InChI=1S/C10H18N2O2/c1-14-10(13)7-12-4-2-3-8-5-11-6-9(8)12/h8-9,11H,2-7H2,1H3. The molecule has 2 aliphatic rings. The lowest BCUT2D eigenvalue weighted by Gasteiger charge is -2.36. The number of nitrogens with one attached hydrogen (secondary N) is 1. The molecular weight excluding hydrogens is 180 g/mol. The van der Waals surface area contributed by atoms with Crippen molar-refractivity contribution in [2.45, 2.75) is 18.9 Å². The van der Waals surface area contributed by atoms with Crippen molar-refractivity contribution >= 4 is 5.97 Å². The molecule has 2 unspecified atom stereocenters. The molecular formula is C10H18N2O2. The number of nitrogens with zero attached hydrogens (tertiary/aromatic N) is 1. The van der Waals surface area contributed by atoms with Crippen molar-refractivity contribution in [3.05, 3.63) is 0 Å². The van der Waals surface area contributed by atoms with Gasteiger partial charge in [0.2, 0.25) is 0 Å². The number of hydrogen-bond acceptors (Lipinski definition) is 4. The summed E-state index contributed by atoms with van der Waals surface area (Å²) in [5.74, 6) is 0.631. The van der Waals surface area contributed by atoms with E-state index in [1.54, 1.807) is 0 Å². The summed E-state index contributed by atoms with van der Waals surface area (Å²) in [7, 11) is 1.46. The lowest BCUT2D eigenvalue weighted by atomic mass is 9.92. The van der Waals surface area contributed by atoms with Crippen molar-refractivity contribution < 1.29 is 9.53 Å². The molecule has 0 amide bonds. The highest BCUT2D eigenvalue weighted by molar-refractivity contribution is 5.71. The van der Waals surface area contributed by atoms with Crippen LogP contribution in [0.1, 0.15) is 12.8 Å². The Morgan fingerprint density at radius 1 is 1.57 bits per heavy atom. The van der Waals surface area contributed by atoms with Crippen LogP contribution in [-0.4, -0.2) is 50.2 Å². The fraction of sp³-hybridized carbons (Fsp3) is 0.900. The third kappa shape index (κ3) is 1.91. The third-order valence-electron chi connectivity index (χ3n) is 3.35. The zero-order valence-electron chi connectivity index (χ0n) is 8.66. The molecule has 2 aliphatic heterocycles. The van der Waals surface area contributed by atoms with Crippen molar-refractivity contribution in [1.82, 2.24) is 10.2 Å². The zero-order chi connectivity index (χ0) is 9.97. The summed E-state index contributed by atoms with van der Waals surface area (Å²) in [6, 6.07) is 0.558. The van der Waals surface area contributed by atoms with Gasteiger partial charge in [-0.3, -0.25) is 9.69 Å². The molecule has 0 saturated carbocycles. The van der Waals surface area contributed by atoms with Crippen LogP contribution in [0.5, 0.6) is 0 Å². The van der Waals surface area contributed by atoms with Gasteiger partial charge in [-0.05, 0) is 31.8 Å². The second kappa shape index (κ2) is 4.28. The summed E-state index contributed by atoms with van der Waals surface area (Å²) in [6.07, 6.45) is 2.51. The molecule has 80 valence electrons. The van der Waals surface area contributed by atoms with E-state index >= 15 is 0 Å². The van der Waals surface area contributed by atoms with Crippen LogP contribution in [0.2, 0.25) is 0 Å². The van der Waals surface area contributed by atoms with Gasteiger partial charge in [-0.15, -0.1) is 0 Å². The van der Waals surface area contributed by atoms with Gasteiger partial charge in [-0.25, -0.2) is 0 Å². The fourth-order valence-corrected chi connectivity index (χ4v) is 2.59. The number of ether oxygens (including phenoxy) is 1. The van der Waals surface area contributed by atoms with Gasteiger partial charge in [-0.1, -0.05) is 0 Å². The van der Waals surface area contributed by atoms with E-state index in [0.29, 0.717) is 12.6 Å². The van der Waals surface area contributed by atoms with E-state index in [2.05, 4.69) is 10.2 Å². The number of carbonyl (C=O) groups is 1. The minimum atomic E-state index is -0.113. The number of hydrogen-bond donors (Lipinski definition) is 1. The van der Waals surface area contributed by atoms with E-state index in [9.17, 15) is 4.79 Å². The smallest absolute Gasteiger partial charge is 0.319 e. The Bertz CT molecular complexity index is 220. The molecule has 1 N–H and O–H groups in total. The average Bonchev–Trinajstić information content (AvgIpc) is 2.66. The van der Waals surface area contributed by atoms with Crippen LogP contribution in [0.3, 0.4) is 0 Å². The molecule has 2 atom stereocenters. The van der Waals surface area contributed by atoms with E-state index < -0.39 is 0 Å². The van der Waals surface area contributed by atoms with Crippen LogP contribution < -0.4 is 5.32 Å². The number of methoxy groups -OCH3 is 1. The zero-order valence-corrected chi connectivity index (χ0v) is 8.66. The van der Waals surface area contributed by atoms with Crippen LogP contribution in [0.15, 0.2) is 0 Å². The molecule has 4 nitrogen and oxygen atoms in total. The van der Waals surface area contributed by atoms with Crippen molar-refractivity contribution in [2.75, 3.05) is 33.3 Å². The molecule has 0 aromatic carbocycles. The van der Waals surface area contributed by atoms with Crippen LogP contribution in [0.25, 0.3) is 0 Å². The van der Waals surface area contributed by atoms with E-state index in [1.165, 1.54) is 20.0 Å². The van der Waals surface area contributed by atoms with Gasteiger partial charge in [0, 0.05) is 12.6 Å². The molecule has 0 bridgehead atoms. The molecule has 0 aromatic heterocycles. The van der Waals surface area contributed by atoms with Crippen molar-refractivity contribution in [3.8, 4) is 0 Å². The second-order valence-electron chi connectivity index (χ2n) is 4.17. The molecule has 2 saturated heterocycles. The highest BCUT2D eigenvalue weighted by atomic mass is 16.5. The van der Waals surface area contributed by atoms with Gasteiger partial charge in [0.1, 0.15) is 0 Å². The molecule has 14 heavy (non-hydrogen) atoms. The molecule has 0 spiro atoms. The molecule has 2 rings (SSSR count). The van der Waals surface area contributed by atoms with Crippen LogP contribution >= 0.6 is 0 Å². The maximum Gasteiger partial charge on any atom is 0.319 e. The Morgan fingerprint density at radius 3 is 3.21 bits per heavy atom. The first-order chi connectivity index (χ1) is 6.81. The summed E-state index contributed by atoms with van der Waals surface area (Å²) in [5, 5.41) is 3.39. The van der Waals surface area contributed by atoms with Gasteiger partial charge in [0.25, 0.3) is 0 Å². The second-order valence-corrected chi connectivity index (χ2v) is 4.17. The summed E-state index contributed by atoms with van der Waals surface area (Å²) in [4.78, 5) is 13.4. The number of carbonyl (C=O) groups excluding carboxylic acids is 1. The predicted octanol–water partition coefficient (Wildman–Crippen LogP) is -0.157. The quantitative estimate of drug-likeness (QED) is 0.626. The summed E-state index contributed by atoms with van der Waals surface area (Å²) >= 11 is 0. The monoisotopic (exact) mass is 198 g/mol. The van der Waals surface area contributed by atoms with Gasteiger partial charge >= 0.3 is 5.97 Å². The SMILES string of the molecule is COC(=O)CN1CCCC2CNCC21. The van der Waals surface area contributed by atoms with Crippen LogP contribution in [0, 0.1) is 5.92 Å². The highest BCUT2D eigenvalue weighted by Gasteiger charge is 2.35. The highest BCUT2D eigenvalue weighted by Crippen LogP contribution is 2.25. The number of rotatable bonds is 2. The molecule has 0 aromatic rings. The molecule has 2 fully saturated rings. The van der Waals surface area contributed by atoms with Gasteiger partial charge < -0.3 is 10.1 Å². The lowest BCUT2D eigenvalue weighted by Crippen LogP contribution is -2.47. The van der Waals surface area contributed by atoms with Crippen molar-refractivity contribution in [3.63, 3.8) is 0 Å². The molecule has 4 heteroatoms. The van der Waals surface area contributed by atoms with Crippen LogP contribution in [-0.2, 0) is 9.53 Å². The average molecular weight is 198 g/mol. The first kappa shape index (κ1) is 9.93. The maximum atomic E-state index is 11.2. The summed E-state index contributed by atoms with van der Waals surface area (Å²) < 4.78 is 4.70. The largest absolute Gasteiger partial charge is 0.468 e. The minimum absolute atomic E-state index is 0.113. The molecule has 0 aliphatic carbocycles. The maximum absolute atomic E-state index is 11.2. The molecule has 2 heterocycles. The Labute approximate surface area is 84.6 Å². The third-order valence-corrected chi connectivity index (χ3v) is 3.35. The summed E-state index contributed by atoms with van der Waals surface area (Å²) in [6.45, 7) is 3.64. The van der Waals surface area contributed by atoms with Gasteiger partial charge in [-0.2, -0.15) is 0 Å². The number of likely N-dealkylation sites (tertiary alicyclic amines) is 1. The topological polar surface area (TPSA) is 41.6 Å². The van der Waals surface area contributed by atoms with E-state index in [-0.39, 0.29) is 5.97 Å². The van der Waals surface area contributed by atoms with Crippen molar-refractivity contribution in [2.24, 2.45) is 5.92 Å². The Hall–Kier alpha value is -0.610. The van der Waals surface area contributed by atoms with Crippen LogP contribution in [0.4, 0.5) is 0 Å². The number of piperidine rings is 1. The van der Waals surface area contributed by atoms with Gasteiger partial charge in [0.15, 0.2) is 0 Å². The Balaban J connectivity index is 1.93. The number of fused-ring (bicyclic) bond motifs is 1. The first-order valence-corrected chi connectivity index (χ1v) is 5.33. The van der Waals surface area contributed by atoms with Crippen molar-refractivity contribution in [1.29, 1.82) is 0 Å². The van der Waals surface area contributed by atoms with Gasteiger partial charge in [0.05, 0.1) is 13.7 Å². The lowest BCUT2D eigenvalue weighted by molar-refractivity contribution is -0.143. The first-order valence-electron chi connectivity index (χ1n) is 5.33. The van der Waals surface area contributed by atoms with E-state index in [4.69, 9.17) is 4.74 Å².